The monoisotopic (exact) mass is 237 g/mol. The van der Waals surface area contributed by atoms with Crippen molar-refractivity contribution in [2.45, 2.75) is 20.8 Å². The van der Waals surface area contributed by atoms with Gasteiger partial charge in [-0.25, -0.2) is 9.32 Å². The van der Waals surface area contributed by atoms with Crippen LogP contribution < -0.4 is 0 Å². The second kappa shape index (κ2) is 7.77. The third kappa shape index (κ3) is 5.23. The van der Waals surface area contributed by atoms with E-state index in [0.29, 0.717) is 19.8 Å². The molecule has 0 bridgehead atoms. The van der Waals surface area contributed by atoms with Gasteiger partial charge in [0.25, 0.3) is 0 Å². The van der Waals surface area contributed by atoms with E-state index in [9.17, 15) is 4.79 Å². The Morgan fingerprint density at radius 1 is 1.13 bits per heavy atom. The van der Waals surface area contributed by atoms with E-state index in [4.69, 9.17) is 18.1 Å². The smallest absolute Gasteiger partial charge is 0.242 e. The third-order valence-electron chi connectivity index (χ3n) is 1.23. The van der Waals surface area contributed by atoms with E-state index in [2.05, 4.69) is 6.58 Å². The quantitative estimate of drug-likeness (QED) is 0.479. The minimum absolute atomic E-state index is 0.345. The van der Waals surface area contributed by atoms with Crippen molar-refractivity contribution in [3.63, 3.8) is 0 Å². The zero-order valence-electron chi connectivity index (χ0n) is 9.39. The summed E-state index contributed by atoms with van der Waals surface area (Å²) in [6, 6.07) is 0. The summed E-state index contributed by atoms with van der Waals surface area (Å²) in [5, 5.41) is 0. The average molecular weight is 237 g/mol. The summed E-state index contributed by atoms with van der Waals surface area (Å²) in [7, 11) is -2.99. The van der Waals surface area contributed by atoms with Crippen LogP contribution in [0.25, 0.3) is 0 Å². The van der Waals surface area contributed by atoms with E-state index in [1.165, 1.54) is 0 Å². The molecule has 0 aromatic heterocycles. The van der Waals surface area contributed by atoms with Crippen LogP contribution >= 0.6 is 8.17 Å². The maximum absolute atomic E-state index is 11.1. The molecule has 5 nitrogen and oxygen atoms in total. The Bertz CT molecular complexity index is 190. The molecule has 88 valence electrons. The van der Waals surface area contributed by atoms with Gasteiger partial charge in [0, 0.05) is 6.08 Å². The fraction of sp³-hybridized carbons (Fsp3) is 0.667. The molecule has 0 aliphatic carbocycles. The van der Waals surface area contributed by atoms with Gasteiger partial charge < -0.3 is 0 Å². The molecule has 0 rings (SSSR count). The summed E-state index contributed by atoms with van der Waals surface area (Å²) in [5.74, 6) is -0.612. The Labute approximate surface area is 91.0 Å². The van der Waals surface area contributed by atoms with Gasteiger partial charge in [-0.3, -0.25) is 0 Å². The largest absolute Gasteiger partial charge is 0.625 e. The topological polar surface area (TPSA) is 54.0 Å². The maximum Gasteiger partial charge on any atom is 0.625 e. The molecule has 0 N–H and O–H groups in total. The van der Waals surface area contributed by atoms with Crippen molar-refractivity contribution in [3.05, 3.63) is 12.7 Å². The first-order valence-electron chi connectivity index (χ1n) is 4.82. The van der Waals surface area contributed by atoms with Crippen molar-refractivity contribution in [1.82, 2.24) is 0 Å². The number of hydrogen-bond donors (Lipinski definition) is 0. The van der Waals surface area contributed by atoms with Crippen molar-refractivity contribution < 1.29 is 22.9 Å². The minimum Gasteiger partial charge on any atom is -0.242 e. The maximum atomic E-state index is 11.1. The van der Waals surface area contributed by atoms with Gasteiger partial charge in [-0.2, -0.15) is 0 Å². The van der Waals surface area contributed by atoms with Crippen LogP contribution in [-0.4, -0.2) is 25.8 Å². The molecular weight excluding hydrogens is 219 g/mol. The van der Waals surface area contributed by atoms with Crippen LogP contribution in [0.1, 0.15) is 20.8 Å². The molecular formula is C9H18O5P+. The second-order valence-corrected chi connectivity index (χ2v) is 4.17. The van der Waals surface area contributed by atoms with E-state index in [1.807, 2.05) is 0 Å². The van der Waals surface area contributed by atoms with Gasteiger partial charge in [-0.1, -0.05) is 6.58 Å². The molecule has 0 unspecified atom stereocenters. The van der Waals surface area contributed by atoms with E-state index >= 15 is 0 Å². The van der Waals surface area contributed by atoms with Crippen molar-refractivity contribution in [2.75, 3.05) is 19.8 Å². The van der Waals surface area contributed by atoms with E-state index in [-0.39, 0.29) is 0 Å². The Hall–Kier alpha value is -0.480. The zero-order valence-corrected chi connectivity index (χ0v) is 10.3. The first kappa shape index (κ1) is 14.5. The second-order valence-electron chi connectivity index (χ2n) is 2.31. The van der Waals surface area contributed by atoms with Gasteiger partial charge in [0.15, 0.2) is 0 Å². The van der Waals surface area contributed by atoms with Crippen LogP contribution in [0.3, 0.4) is 0 Å². The lowest BCUT2D eigenvalue weighted by atomic mass is 10.7. The highest BCUT2D eigenvalue weighted by atomic mass is 31.2. The third-order valence-corrected chi connectivity index (χ3v) is 3.36. The molecule has 0 radical (unpaired) electrons. The van der Waals surface area contributed by atoms with Crippen molar-refractivity contribution in [2.24, 2.45) is 0 Å². The number of carbonyl (C=O) groups excluding carboxylic acids is 1. The lowest BCUT2D eigenvalue weighted by molar-refractivity contribution is -0.132. The highest BCUT2D eigenvalue weighted by Gasteiger charge is 2.51. The van der Waals surface area contributed by atoms with Crippen molar-refractivity contribution >= 4 is 14.1 Å². The Kier molecular flexibility index (Phi) is 7.52. The van der Waals surface area contributed by atoms with Gasteiger partial charge in [-0.15, -0.1) is 13.6 Å². The lowest BCUT2D eigenvalue weighted by Crippen LogP contribution is -2.13. The molecule has 6 heteroatoms. The first-order chi connectivity index (χ1) is 7.14. The molecule has 0 amide bonds. The van der Waals surface area contributed by atoms with Gasteiger partial charge in [0.05, 0.1) is 19.8 Å². The Morgan fingerprint density at radius 3 is 1.80 bits per heavy atom. The van der Waals surface area contributed by atoms with Crippen LogP contribution in [0.4, 0.5) is 0 Å². The summed E-state index contributed by atoms with van der Waals surface area (Å²) in [6.07, 6.45) is 1.05. The number of hydrogen-bond acceptors (Lipinski definition) is 5. The Morgan fingerprint density at radius 2 is 1.53 bits per heavy atom. The molecule has 0 aromatic rings. The fourth-order valence-electron chi connectivity index (χ4n) is 0.813. The summed E-state index contributed by atoms with van der Waals surface area (Å²) in [5.41, 5.74) is 0. The van der Waals surface area contributed by atoms with Gasteiger partial charge in [0.1, 0.15) is 0 Å². The molecule has 0 aliphatic rings. The highest BCUT2D eigenvalue weighted by Crippen LogP contribution is 2.63. The van der Waals surface area contributed by atoms with Crippen LogP contribution in [0.15, 0.2) is 12.7 Å². The summed E-state index contributed by atoms with van der Waals surface area (Å²) in [6.45, 7) is 9.66. The Balaban J connectivity index is 4.58. The van der Waals surface area contributed by atoms with E-state index < -0.39 is 14.1 Å². The molecule has 0 saturated heterocycles. The summed E-state index contributed by atoms with van der Waals surface area (Å²) in [4.78, 5) is 11.1. The van der Waals surface area contributed by atoms with Crippen LogP contribution in [0.2, 0.25) is 0 Å². The minimum atomic E-state index is -2.99. The van der Waals surface area contributed by atoms with Crippen LogP contribution in [0.5, 0.6) is 0 Å². The fourth-order valence-corrected chi connectivity index (χ4v) is 2.44. The summed E-state index contributed by atoms with van der Waals surface area (Å²) < 4.78 is 20.8. The molecule has 0 spiro atoms. The normalized spacial score (nSPS) is 11.1. The highest BCUT2D eigenvalue weighted by molar-refractivity contribution is 7.57. The molecule has 0 atom stereocenters. The number of carbonyl (C=O) groups is 1. The SMILES string of the molecule is C=CC(=O)O[P+](OCC)(OCC)OCC. The van der Waals surface area contributed by atoms with E-state index in [0.717, 1.165) is 6.08 Å². The standard InChI is InChI=1S/C9H18O5P/c1-5-9(10)14-15(11-6-2,12-7-3)13-8-4/h5H,1,6-8H2,2-4H3/q+1. The molecule has 15 heavy (non-hydrogen) atoms. The predicted molar refractivity (Wildman–Crippen MR) is 58.1 cm³/mol. The van der Waals surface area contributed by atoms with Gasteiger partial charge in [-0.05, 0) is 20.8 Å². The molecule has 0 aromatic carbocycles. The average Bonchev–Trinajstić information content (AvgIpc) is 2.18. The zero-order chi connectivity index (χ0) is 11.7. The van der Waals surface area contributed by atoms with Gasteiger partial charge >= 0.3 is 14.1 Å². The van der Waals surface area contributed by atoms with E-state index in [1.54, 1.807) is 20.8 Å². The predicted octanol–water partition coefficient (Wildman–Crippen LogP) is 2.50. The molecule has 0 saturated carbocycles. The molecule has 0 aliphatic heterocycles. The van der Waals surface area contributed by atoms with Gasteiger partial charge in [0.2, 0.25) is 0 Å². The van der Waals surface area contributed by atoms with Crippen molar-refractivity contribution in [3.8, 4) is 0 Å². The van der Waals surface area contributed by atoms with Crippen molar-refractivity contribution in [1.29, 1.82) is 0 Å². The molecule has 0 fully saturated rings. The lowest BCUT2D eigenvalue weighted by Gasteiger charge is -2.16. The molecule has 0 heterocycles. The first-order valence-corrected chi connectivity index (χ1v) is 6.28. The van der Waals surface area contributed by atoms with Crippen LogP contribution in [0, 0.1) is 0 Å². The number of rotatable bonds is 8. The van der Waals surface area contributed by atoms with Crippen LogP contribution in [-0.2, 0) is 22.9 Å². The summed E-state index contributed by atoms with van der Waals surface area (Å²) >= 11 is 0.